The average Bonchev–Trinajstić information content (AvgIpc) is 2.36. The van der Waals surface area contributed by atoms with Crippen LogP contribution in [0.2, 0.25) is 0 Å². The first kappa shape index (κ1) is 17.4. The van der Waals surface area contributed by atoms with E-state index in [1.807, 2.05) is 71.9 Å². The number of carbonyl (C=O) groups excluding carboxylic acids is 2. The van der Waals surface area contributed by atoms with Gasteiger partial charge in [-0.25, -0.2) is 0 Å². The molecule has 0 radical (unpaired) electrons. The van der Waals surface area contributed by atoms with Crippen LogP contribution in [0.25, 0.3) is 5.57 Å². The van der Waals surface area contributed by atoms with Crippen LogP contribution in [0.5, 0.6) is 0 Å². The second-order valence-corrected chi connectivity index (χ2v) is 7.50. The normalized spacial score (nSPS) is 13.1. The molecular formula is C19H26O2. The fourth-order valence-electron chi connectivity index (χ4n) is 1.70. The molecule has 0 aliphatic carbocycles. The molecule has 2 heteroatoms. The number of rotatable bonds is 4. The van der Waals surface area contributed by atoms with E-state index in [1.54, 1.807) is 6.08 Å². The molecule has 0 aliphatic rings. The molecule has 0 aliphatic heterocycles. The van der Waals surface area contributed by atoms with Gasteiger partial charge in [0.25, 0.3) is 0 Å². The Morgan fingerprint density at radius 2 is 1.43 bits per heavy atom. The third-order valence-corrected chi connectivity index (χ3v) is 3.38. The summed E-state index contributed by atoms with van der Waals surface area (Å²) in [6, 6.07) is 9.66. The van der Waals surface area contributed by atoms with Gasteiger partial charge in [-0.3, -0.25) is 9.59 Å². The zero-order chi connectivity index (χ0) is 16.3. The maximum absolute atomic E-state index is 12.3. The molecule has 0 aromatic heterocycles. The Kier molecular flexibility index (Phi) is 5.27. The summed E-state index contributed by atoms with van der Waals surface area (Å²) < 4.78 is 0. The van der Waals surface area contributed by atoms with Crippen molar-refractivity contribution in [2.24, 2.45) is 10.8 Å². The number of benzene rings is 1. The van der Waals surface area contributed by atoms with Gasteiger partial charge in [-0.2, -0.15) is 0 Å². The summed E-state index contributed by atoms with van der Waals surface area (Å²) in [6.07, 6.45) is 1.92. The SMILES string of the molecule is CC(C)(C)C(=O)/C=C(\CC(=O)C(C)(C)C)c1ccccc1. The molecule has 1 aromatic carbocycles. The van der Waals surface area contributed by atoms with E-state index in [-0.39, 0.29) is 18.0 Å². The predicted octanol–water partition coefficient (Wildman–Crippen LogP) is 4.69. The molecule has 0 atom stereocenters. The molecule has 0 spiro atoms. The van der Waals surface area contributed by atoms with Crippen molar-refractivity contribution in [1.82, 2.24) is 0 Å². The summed E-state index contributed by atoms with van der Waals surface area (Å²) in [5.41, 5.74) is 0.895. The van der Waals surface area contributed by atoms with Crippen LogP contribution in [-0.2, 0) is 9.59 Å². The van der Waals surface area contributed by atoms with Crippen molar-refractivity contribution in [3.63, 3.8) is 0 Å². The molecule has 21 heavy (non-hydrogen) atoms. The van der Waals surface area contributed by atoms with Crippen LogP contribution >= 0.6 is 0 Å². The Bertz CT molecular complexity index is 537. The van der Waals surface area contributed by atoms with Gasteiger partial charge in [0.05, 0.1) is 0 Å². The fraction of sp³-hybridized carbons (Fsp3) is 0.474. The third kappa shape index (κ3) is 5.30. The molecule has 1 rings (SSSR count). The van der Waals surface area contributed by atoms with E-state index >= 15 is 0 Å². The topological polar surface area (TPSA) is 34.1 Å². The van der Waals surface area contributed by atoms with Crippen LogP contribution in [-0.4, -0.2) is 11.6 Å². The quantitative estimate of drug-likeness (QED) is 0.752. The molecular weight excluding hydrogens is 260 g/mol. The zero-order valence-electron chi connectivity index (χ0n) is 14.0. The Labute approximate surface area is 128 Å². The van der Waals surface area contributed by atoms with E-state index in [2.05, 4.69) is 0 Å². The lowest BCUT2D eigenvalue weighted by Gasteiger charge is -2.19. The van der Waals surface area contributed by atoms with Crippen molar-refractivity contribution in [3.05, 3.63) is 42.0 Å². The predicted molar refractivity (Wildman–Crippen MR) is 88.0 cm³/mol. The number of hydrogen-bond donors (Lipinski definition) is 0. The van der Waals surface area contributed by atoms with E-state index in [4.69, 9.17) is 0 Å². The Morgan fingerprint density at radius 3 is 1.86 bits per heavy atom. The highest BCUT2D eigenvalue weighted by molar-refractivity contribution is 6.03. The lowest BCUT2D eigenvalue weighted by atomic mass is 9.83. The maximum Gasteiger partial charge on any atom is 0.161 e. The average molecular weight is 286 g/mol. The van der Waals surface area contributed by atoms with E-state index in [0.717, 1.165) is 11.1 Å². The largest absolute Gasteiger partial charge is 0.299 e. The minimum absolute atomic E-state index is 0.0445. The van der Waals surface area contributed by atoms with Gasteiger partial charge in [0.1, 0.15) is 5.78 Å². The second kappa shape index (κ2) is 6.38. The van der Waals surface area contributed by atoms with Crippen molar-refractivity contribution in [2.45, 2.75) is 48.0 Å². The summed E-state index contributed by atoms with van der Waals surface area (Å²) in [5, 5.41) is 0. The van der Waals surface area contributed by atoms with Crippen LogP contribution in [0.4, 0.5) is 0 Å². The monoisotopic (exact) mass is 286 g/mol. The lowest BCUT2D eigenvalue weighted by Crippen LogP contribution is -2.21. The highest BCUT2D eigenvalue weighted by Crippen LogP contribution is 2.27. The third-order valence-electron chi connectivity index (χ3n) is 3.38. The molecule has 0 saturated carbocycles. The van der Waals surface area contributed by atoms with Crippen molar-refractivity contribution >= 4 is 17.1 Å². The summed E-state index contributed by atoms with van der Waals surface area (Å²) in [4.78, 5) is 24.6. The number of carbonyl (C=O) groups is 2. The van der Waals surface area contributed by atoms with Crippen molar-refractivity contribution in [1.29, 1.82) is 0 Å². The fourth-order valence-corrected chi connectivity index (χ4v) is 1.70. The first-order valence-corrected chi connectivity index (χ1v) is 7.35. The summed E-state index contributed by atoms with van der Waals surface area (Å²) >= 11 is 0. The molecule has 0 saturated heterocycles. The lowest BCUT2D eigenvalue weighted by molar-refractivity contribution is -0.125. The van der Waals surface area contributed by atoms with Crippen LogP contribution < -0.4 is 0 Å². The van der Waals surface area contributed by atoms with Crippen LogP contribution in [0.3, 0.4) is 0 Å². The molecule has 2 nitrogen and oxygen atoms in total. The molecule has 0 bridgehead atoms. The van der Waals surface area contributed by atoms with Crippen molar-refractivity contribution in [2.75, 3.05) is 0 Å². The van der Waals surface area contributed by atoms with Gasteiger partial charge in [-0.1, -0.05) is 71.9 Å². The highest BCUT2D eigenvalue weighted by atomic mass is 16.1. The van der Waals surface area contributed by atoms with Gasteiger partial charge >= 0.3 is 0 Å². The summed E-state index contributed by atoms with van der Waals surface area (Å²) in [6.45, 7) is 11.4. The molecule has 0 N–H and O–H groups in total. The first-order valence-electron chi connectivity index (χ1n) is 7.35. The number of Topliss-reactive ketones (excluding diaryl/α,β-unsaturated/α-hetero) is 1. The summed E-state index contributed by atoms with van der Waals surface area (Å²) in [7, 11) is 0. The van der Waals surface area contributed by atoms with Crippen LogP contribution in [0.15, 0.2) is 36.4 Å². The van der Waals surface area contributed by atoms with Crippen molar-refractivity contribution < 1.29 is 9.59 Å². The van der Waals surface area contributed by atoms with E-state index < -0.39 is 10.8 Å². The number of ketones is 2. The van der Waals surface area contributed by atoms with Gasteiger partial charge < -0.3 is 0 Å². The number of allylic oxidation sites excluding steroid dienone is 2. The Balaban J connectivity index is 3.17. The zero-order valence-corrected chi connectivity index (χ0v) is 14.0. The van der Waals surface area contributed by atoms with Crippen molar-refractivity contribution in [3.8, 4) is 0 Å². The van der Waals surface area contributed by atoms with E-state index in [0.29, 0.717) is 0 Å². The van der Waals surface area contributed by atoms with Crippen LogP contribution in [0.1, 0.15) is 53.5 Å². The minimum Gasteiger partial charge on any atom is -0.299 e. The van der Waals surface area contributed by atoms with E-state index in [9.17, 15) is 9.59 Å². The van der Waals surface area contributed by atoms with E-state index in [1.165, 1.54) is 0 Å². The Hall–Kier alpha value is -1.70. The molecule has 114 valence electrons. The highest BCUT2D eigenvalue weighted by Gasteiger charge is 2.25. The first-order chi connectivity index (χ1) is 9.51. The molecule has 0 fully saturated rings. The molecule has 0 amide bonds. The minimum atomic E-state index is -0.440. The van der Waals surface area contributed by atoms with Gasteiger partial charge in [-0.05, 0) is 17.2 Å². The standard InChI is InChI=1S/C19H26O2/c1-18(2,3)16(20)12-15(13-17(21)19(4,5)6)14-10-8-7-9-11-14/h7-12H,13H2,1-6H3/b15-12+. The smallest absolute Gasteiger partial charge is 0.161 e. The molecule has 0 unspecified atom stereocenters. The van der Waals surface area contributed by atoms with Gasteiger partial charge in [0, 0.05) is 17.3 Å². The molecule has 1 aromatic rings. The number of hydrogen-bond acceptors (Lipinski definition) is 2. The maximum atomic E-state index is 12.3. The van der Waals surface area contributed by atoms with Gasteiger partial charge in [0.15, 0.2) is 5.78 Å². The Morgan fingerprint density at radius 1 is 0.905 bits per heavy atom. The summed E-state index contributed by atoms with van der Waals surface area (Å²) in [5.74, 6) is 0.183. The molecule has 0 heterocycles. The van der Waals surface area contributed by atoms with Gasteiger partial charge in [0.2, 0.25) is 0 Å². The van der Waals surface area contributed by atoms with Gasteiger partial charge in [-0.15, -0.1) is 0 Å². The second-order valence-electron chi connectivity index (χ2n) is 7.50. The van der Waals surface area contributed by atoms with Crippen LogP contribution in [0, 0.1) is 10.8 Å².